The zero-order valence-electron chi connectivity index (χ0n) is 16.2. The molecule has 0 unspecified atom stereocenters. The molecule has 0 fully saturated rings. The lowest BCUT2D eigenvalue weighted by molar-refractivity contribution is 0.0531. The van der Waals surface area contributed by atoms with Crippen LogP contribution in [-0.4, -0.2) is 30.4 Å². The first-order valence-corrected chi connectivity index (χ1v) is 10.1. The highest BCUT2D eigenvalue weighted by atomic mass is 32.1. The van der Waals surface area contributed by atoms with E-state index in [1.165, 1.54) is 30.6 Å². The number of ether oxygens (including phenoxy) is 2. The van der Waals surface area contributed by atoms with Crippen molar-refractivity contribution < 1.29 is 14.3 Å². The van der Waals surface area contributed by atoms with Crippen molar-refractivity contribution in [2.75, 3.05) is 18.6 Å². The Morgan fingerprint density at radius 3 is 2.85 bits per heavy atom. The highest BCUT2D eigenvalue weighted by molar-refractivity contribution is 7.17. The molecule has 0 saturated heterocycles. The number of nitrogens with one attached hydrogen (secondary N) is 1. The van der Waals surface area contributed by atoms with Gasteiger partial charge in [0.15, 0.2) is 0 Å². The monoisotopic (exact) mass is 389 g/mol. The van der Waals surface area contributed by atoms with E-state index in [2.05, 4.69) is 22.4 Å². The van der Waals surface area contributed by atoms with Gasteiger partial charge in [-0.15, -0.1) is 0 Å². The molecule has 0 aliphatic carbocycles. The minimum absolute atomic E-state index is 0.340. The maximum absolute atomic E-state index is 11.9. The number of carbonyl (C=O) groups is 1. The Bertz CT molecular complexity index is 759. The van der Waals surface area contributed by atoms with Crippen LogP contribution in [-0.2, 0) is 4.74 Å². The van der Waals surface area contributed by atoms with Crippen molar-refractivity contribution in [2.45, 2.75) is 46.5 Å². The van der Waals surface area contributed by atoms with Gasteiger partial charge in [0.25, 0.3) is 0 Å². The number of aryl methyl sites for hydroxylation is 1. The maximum atomic E-state index is 11.9. The second kappa shape index (κ2) is 11.3. The summed E-state index contributed by atoms with van der Waals surface area (Å²) in [6, 6.07) is 7.77. The molecule has 0 aliphatic rings. The SMILES string of the molecule is CCCCCCOc1ccccc1/C=N\Nc1nc(C)c(C(=O)OCC)s1. The molecule has 0 atom stereocenters. The quantitative estimate of drug-likeness (QED) is 0.252. The van der Waals surface area contributed by atoms with Crippen LogP contribution in [0.3, 0.4) is 0 Å². The number of hydrogen-bond acceptors (Lipinski definition) is 7. The second-order valence-electron chi connectivity index (χ2n) is 5.97. The van der Waals surface area contributed by atoms with Crippen molar-refractivity contribution in [3.8, 4) is 5.75 Å². The van der Waals surface area contributed by atoms with Crippen LogP contribution >= 0.6 is 11.3 Å². The average molecular weight is 390 g/mol. The van der Waals surface area contributed by atoms with Gasteiger partial charge in [-0.1, -0.05) is 49.7 Å². The third-order valence-corrected chi connectivity index (χ3v) is 4.84. The van der Waals surface area contributed by atoms with E-state index in [0.717, 1.165) is 17.7 Å². The lowest BCUT2D eigenvalue weighted by Gasteiger charge is -2.08. The van der Waals surface area contributed by atoms with Crippen LogP contribution < -0.4 is 10.2 Å². The number of esters is 1. The number of benzene rings is 1. The number of rotatable bonds is 11. The van der Waals surface area contributed by atoms with Crippen molar-refractivity contribution in [1.82, 2.24) is 4.98 Å². The Balaban J connectivity index is 1.94. The van der Waals surface area contributed by atoms with Gasteiger partial charge >= 0.3 is 5.97 Å². The molecule has 0 amide bonds. The van der Waals surface area contributed by atoms with Crippen LogP contribution in [0.1, 0.15) is 60.5 Å². The van der Waals surface area contributed by atoms with Crippen molar-refractivity contribution in [1.29, 1.82) is 0 Å². The van der Waals surface area contributed by atoms with Crippen LogP contribution in [0.25, 0.3) is 0 Å². The summed E-state index contributed by atoms with van der Waals surface area (Å²) in [5.41, 5.74) is 4.40. The molecule has 0 aliphatic heterocycles. The van der Waals surface area contributed by atoms with Gasteiger partial charge in [0.2, 0.25) is 5.13 Å². The van der Waals surface area contributed by atoms with E-state index in [-0.39, 0.29) is 5.97 Å². The number of hydrogen-bond donors (Lipinski definition) is 1. The highest BCUT2D eigenvalue weighted by Crippen LogP contribution is 2.23. The Labute approximate surface area is 164 Å². The summed E-state index contributed by atoms with van der Waals surface area (Å²) in [5.74, 6) is 0.452. The van der Waals surface area contributed by atoms with E-state index in [4.69, 9.17) is 9.47 Å². The lowest BCUT2D eigenvalue weighted by atomic mass is 10.2. The molecule has 27 heavy (non-hydrogen) atoms. The fourth-order valence-electron chi connectivity index (χ4n) is 2.42. The van der Waals surface area contributed by atoms with Gasteiger partial charge < -0.3 is 9.47 Å². The average Bonchev–Trinajstić information content (AvgIpc) is 3.03. The summed E-state index contributed by atoms with van der Waals surface area (Å²) in [6.45, 7) is 6.79. The summed E-state index contributed by atoms with van der Waals surface area (Å²) in [6.07, 6.45) is 6.37. The van der Waals surface area contributed by atoms with Crippen molar-refractivity contribution in [3.05, 3.63) is 40.4 Å². The van der Waals surface area contributed by atoms with Crippen LogP contribution in [0, 0.1) is 6.92 Å². The number of aromatic nitrogens is 1. The van der Waals surface area contributed by atoms with E-state index in [1.807, 2.05) is 24.3 Å². The van der Waals surface area contributed by atoms with Gasteiger partial charge in [0.05, 0.1) is 25.1 Å². The van der Waals surface area contributed by atoms with Crippen LogP contribution in [0.2, 0.25) is 0 Å². The minimum atomic E-state index is -0.355. The molecule has 1 aromatic heterocycles. The molecule has 6 nitrogen and oxygen atoms in total. The molecular weight excluding hydrogens is 362 g/mol. The molecule has 0 spiro atoms. The lowest BCUT2D eigenvalue weighted by Crippen LogP contribution is -2.03. The van der Waals surface area contributed by atoms with Crippen molar-refractivity contribution >= 4 is 28.7 Å². The van der Waals surface area contributed by atoms with Gasteiger partial charge in [0.1, 0.15) is 10.6 Å². The zero-order chi connectivity index (χ0) is 19.5. The number of thiazole rings is 1. The third kappa shape index (κ3) is 6.67. The number of nitrogens with zero attached hydrogens (tertiary/aromatic N) is 2. The van der Waals surface area contributed by atoms with E-state index in [9.17, 15) is 4.79 Å². The van der Waals surface area contributed by atoms with E-state index < -0.39 is 0 Å². The Morgan fingerprint density at radius 1 is 1.26 bits per heavy atom. The smallest absolute Gasteiger partial charge is 0.350 e. The molecule has 0 saturated carbocycles. The molecule has 0 bridgehead atoms. The number of anilines is 1. The summed E-state index contributed by atoms with van der Waals surface area (Å²) >= 11 is 1.23. The first kappa shape index (κ1) is 20.9. The van der Waals surface area contributed by atoms with Gasteiger partial charge in [-0.05, 0) is 32.4 Å². The highest BCUT2D eigenvalue weighted by Gasteiger charge is 2.15. The van der Waals surface area contributed by atoms with Crippen molar-refractivity contribution in [2.24, 2.45) is 5.10 Å². The molecule has 0 radical (unpaired) electrons. The van der Waals surface area contributed by atoms with Gasteiger partial charge in [-0.2, -0.15) is 5.10 Å². The predicted molar refractivity (Wildman–Crippen MR) is 110 cm³/mol. The topological polar surface area (TPSA) is 72.8 Å². The first-order chi connectivity index (χ1) is 13.2. The van der Waals surface area contributed by atoms with E-state index in [1.54, 1.807) is 20.1 Å². The van der Waals surface area contributed by atoms with Gasteiger partial charge in [0, 0.05) is 5.56 Å². The fraction of sp³-hybridized carbons (Fsp3) is 0.450. The summed E-state index contributed by atoms with van der Waals surface area (Å²) in [4.78, 5) is 16.6. The summed E-state index contributed by atoms with van der Waals surface area (Å²) in [7, 11) is 0. The molecule has 1 N–H and O–H groups in total. The third-order valence-electron chi connectivity index (χ3n) is 3.80. The first-order valence-electron chi connectivity index (χ1n) is 9.31. The molecule has 1 heterocycles. The van der Waals surface area contributed by atoms with Gasteiger partial charge in [-0.3, -0.25) is 5.43 Å². The van der Waals surface area contributed by atoms with Gasteiger partial charge in [-0.25, -0.2) is 9.78 Å². The number of para-hydroxylation sites is 1. The maximum Gasteiger partial charge on any atom is 0.350 e. The molecule has 2 rings (SSSR count). The Morgan fingerprint density at radius 2 is 2.07 bits per heavy atom. The number of carbonyl (C=O) groups excluding carboxylic acids is 1. The molecule has 7 heteroatoms. The minimum Gasteiger partial charge on any atom is -0.493 e. The molecular formula is C20H27N3O3S. The molecule has 2 aromatic rings. The number of unbranched alkanes of at least 4 members (excludes halogenated alkanes) is 3. The normalized spacial score (nSPS) is 10.9. The Hall–Kier alpha value is -2.41. The number of hydrazone groups is 1. The molecule has 1 aromatic carbocycles. The molecule has 146 valence electrons. The second-order valence-corrected chi connectivity index (χ2v) is 6.97. The van der Waals surface area contributed by atoms with E-state index >= 15 is 0 Å². The zero-order valence-corrected chi connectivity index (χ0v) is 17.0. The van der Waals surface area contributed by atoms with Crippen LogP contribution in [0.5, 0.6) is 5.75 Å². The summed E-state index contributed by atoms with van der Waals surface area (Å²) < 4.78 is 10.9. The largest absolute Gasteiger partial charge is 0.493 e. The van der Waals surface area contributed by atoms with Crippen molar-refractivity contribution in [3.63, 3.8) is 0 Å². The van der Waals surface area contributed by atoms with E-state index in [0.29, 0.717) is 28.9 Å². The predicted octanol–water partition coefficient (Wildman–Crippen LogP) is 5.03. The van der Waals surface area contributed by atoms with Crippen LogP contribution in [0.15, 0.2) is 29.4 Å². The fourth-order valence-corrected chi connectivity index (χ4v) is 3.23. The Kier molecular flexibility index (Phi) is 8.77. The van der Waals surface area contributed by atoms with Crippen LogP contribution in [0.4, 0.5) is 5.13 Å². The summed E-state index contributed by atoms with van der Waals surface area (Å²) in [5, 5.41) is 4.78. The standard InChI is InChI=1S/C20H27N3O3S/c1-4-6-7-10-13-26-17-12-9-8-11-16(17)14-21-23-20-22-15(3)18(27-20)19(24)25-5-2/h8-9,11-12,14H,4-7,10,13H2,1-3H3,(H,22,23)/b21-14-.